The van der Waals surface area contributed by atoms with Crippen LogP contribution in [0.4, 0.5) is 5.69 Å². The average molecular weight is 304 g/mol. The summed E-state index contributed by atoms with van der Waals surface area (Å²) in [5.41, 5.74) is 7.31. The molecule has 0 radical (unpaired) electrons. The van der Waals surface area contributed by atoms with Crippen LogP contribution >= 0.6 is 0 Å². The smallest absolute Gasteiger partial charge is 0.270 e. The molecule has 4 nitrogen and oxygen atoms in total. The molecule has 4 heteroatoms. The van der Waals surface area contributed by atoms with Crippen molar-refractivity contribution in [3.8, 4) is 5.75 Å². The van der Waals surface area contributed by atoms with Crippen LogP contribution in [0.1, 0.15) is 59.1 Å². The monoisotopic (exact) mass is 304 g/mol. The predicted octanol–water partition coefficient (Wildman–Crippen LogP) is 3.65. The Hall–Kier alpha value is -1.55. The van der Waals surface area contributed by atoms with Crippen molar-refractivity contribution in [1.82, 2.24) is 0 Å². The number of nitrogens with zero attached hydrogens (tertiary/aromatic N) is 1. The highest BCUT2D eigenvalue weighted by Crippen LogP contribution is 2.39. The molecular formula is C18H28N2O2. The first-order valence-corrected chi connectivity index (χ1v) is 8.16. The number of hydrogen-bond donors (Lipinski definition) is 1. The highest BCUT2D eigenvalue weighted by molar-refractivity contribution is 6.02. The first kappa shape index (κ1) is 16.8. The Labute approximate surface area is 133 Å². The molecule has 1 heterocycles. The van der Waals surface area contributed by atoms with E-state index in [1.54, 1.807) is 0 Å². The van der Waals surface area contributed by atoms with E-state index in [1.165, 1.54) is 0 Å². The van der Waals surface area contributed by atoms with E-state index in [0.29, 0.717) is 12.5 Å². The first-order valence-electron chi connectivity index (χ1n) is 8.16. The summed E-state index contributed by atoms with van der Waals surface area (Å²) < 4.78 is 5.91. The summed E-state index contributed by atoms with van der Waals surface area (Å²) in [6.45, 7) is 10.7. The van der Waals surface area contributed by atoms with Crippen molar-refractivity contribution in [3.63, 3.8) is 0 Å². The lowest BCUT2D eigenvalue weighted by atomic mass is 9.98. The van der Waals surface area contributed by atoms with Crippen molar-refractivity contribution in [2.75, 3.05) is 11.4 Å². The van der Waals surface area contributed by atoms with Crippen LogP contribution in [0.2, 0.25) is 0 Å². The van der Waals surface area contributed by atoms with E-state index >= 15 is 0 Å². The van der Waals surface area contributed by atoms with E-state index < -0.39 is 5.60 Å². The zero-order valence-corrected chi connectivity index (χ0v) is 14.3. The quantitative estimate of drug-likeness (QED) is 0.903. The van der Waals surface area contributed by atoms with Gasteiger partial charge in [0.1, 0.15) is 5.75 Å². The highest BCUT2D eigenvalue weighted by atomic mass is 16.5. The molecule has 0 fully saturated rings. The molecule has 22 heavy (non-hydrogen) atoms. The normalized spacial score (nSPS) is 18.1. The number of benzene rings is 1. The van der Waals surface area contributed by atoms with Crippen LogP contribution in [-0.4, -0.2) is 18.1 Å². The van der Waals surface area contributed by atoms with Crippen LogP contribution in [0.5, 0.6) is 5.75 Å². The van der Waals surface area contributed by atoms with Crippen molar-refractivity contribution in [2.24, 2.45) is 11.7 Å². The summed E-state index contributed by atoms with van der Waals surface area (Å²) in [5.74, 6) is 1.16. The van der Waals surface area contributed by atoms with Gasteiger partial charge in [-0.3, -0.25) is 4.79 Å². The van der Waals surface area contributed by atoms with Gasteiger partial charge in [0.2, 0.25) is 0 Å². The third kappa shape index (κ3) is 3.27. The number of fused-ring (bicyclic) bond motifs is 1. The summed E-state index contributed by atoms with van der Waals surface area (Å²) >= 11 is 0. The van der Waals surface area contributed by atoms with Gasteiger partial charge in [-0.05, 0) is 43.9 Å². The van der Waals surface area contributed by atoms with E-state index in [1.807, 2.05) is 36.9 Å². The van der Waals surface area contributed by atoms with Crippen molar-refractivity contribution in [2.45, 2.75) is 59.1 Å². The van der Waals surface area contributed by atoms with Gasteiger partial charge in [-0.15, -0.1) is 0 Å². The van der Waals surface area contributed by atoms with Gasteiger partial charge in [-0.2, -0.15) is 0 Å². The summed E-state index contributed by atoms with van der Waals surface area (Å²) in [6.07, 6.45) is 1.97. The lowest BCUT2D eigenvalue weighted by molar-refractivity contribution is -0.132. The molecule has 1 unspecified atom stereocenters. The van der Waals surface area contributed by atoms with Gasteiger partial charge in [0.25, 0.3) is 5.91 Å². The second kappa shape index (κ2) is 6.29. The van der Waals surface area contributed by atoms with Gasteiger partial charge < -0.3 is 15.4 Å². The molecule has 1 atom stereocenters. The van der Waals surface area contributed by atoms with Crippen LogP contribution in [-0.2, 0) is 4.79 Å². The number of carbonyl (C=O) groups excluding carboxylic acids is 1. The Bertz CT molecular complexity index is 552. The van der Waals surface area contributed by atoms with Crippen LogP contribution in [0.25, 0.3) is 0 Å². The van der Waals surface area contributed by atoms with Crippen molar-refractivity contribution >= 4 is 11.6 Å². The Morgan fingerprint density at radius 1 is 1.32 bits per heavy atom. The number of ether oxygens (including phenoxy) is 1. The predicted molar refractivity (Wildman–Crippen MR) is 90.2 cm³/mol. The van der Waals surface area contributed by atoms with Gasteiger partial charge in [0.05, 0.1) is 5.69 Å². The van der Waals surface area contributed by atoms with Gasteiger partial charge in [-0.25, -0.2) is 0 Å². The minimum atomic E-state index is -0.824. The largest absolute Gasteiger partial charge is 0.476 e. The number of anilines is 1. The molecule has 1 aliphatic heterocycles. The topological polar surface area (TPSA) is 55.6 Å². The van der Waals surface area contributed by atoms with Crippen molar-refractivity contribution < 1.29 is 9.53 Å². The molecule has 0 saturated heterocycles. The zero-order chi connectivity index (χ0) is 16.5. The maximum atomic E-state index is 12.7. The summed E-state index contributed by atoms with van der Waals surface area (Å²) in [4.78, 5) is 14.6. The summed E-state index contributed by atoms with van der Waals surface area (Å²) in [7, 11) is 0. The fourth-order valence-electron chi connectivity index (χ4n) is 2.84. The number of hydrogen-bond acceptors (Lipinski definition) is 3. The molecule has 1 amide bonds. The van der Waals surface area contributed by atoms with E-state index in [-0.39, 0.29) is 11.9 Å². The van der Waals surface area contributed by atoms with Crippen molar-refractivity contribution in [3.05, 3.63) is 23.8 Å². The maximum absolute atomic E-state index is 12.7. The molecule has 0 aromatic heterocycles. The van der Waals surface area contributed by atoms with Gasteiger partial charge in [0.15, 0.2) is 5.60 Å². The molecule has 0 saturated carbocycles. The lowest BCUT2D eigenvalue weighted by Gasteiger charge is -2.40. The van der Waals surface area contributed by atoms with E-state index in [4.69, 9.17) is 10.5 Å². The summed E-state index contributed by atoms with van der Waals surface area (Å²) in [5, 5.41) is 0. The Morgan fingerprint density at radius 2 is 2.00 bits per heavy atom. The Kier molecular flexibility index (Phi) is 4.81. The third-order valence-electron chi connectivity index (χ3n) is 3.97. The molecule has 1 aliphatic rings. The molecule has 2 N–H and O–H groups in total. The summed E-state index contributed by atoms with van der Waals surface area (Å²) in [6, 6.07) is 5.98. The van der Waals surface area contributed by atoms with Gasteiger partial charge in [0, 0.05) is 12.6 Å². The maximum Gasteiger partial charge on any atom is 0.270 e. The van der Waals surface area contributed by atoms with Gasteiger partial charge >= 0.3 is 0 Å². The number of rotatable bonds is 5. The van der Waals surface area contributed by atoms with Crippen LogP contribution < -0.4 is 15.4 Å². The molecule has 0 spiro atoms. The zero-order valence-electron chi connectivity index (χ0n) is 14.3. The standard InChI is InChI=1S/C18H28N2O2/c1-6-7-14(19)13-8-9-16-15(10-13)20(11-12(2)3)17(21)18(4,5)22-16/h8-10,12,14H,6-7,11,19H2,1-5H3. The molecule has 122 valence electrons. The second-order valence-electron chi connectivity index (χ2n) is 7.04. The van der Waals surface area contributed by atoms with E-state index in [9.17, 15) is 4.79 Å². The second-order valence-corrected chi connectivity index (χ2v) is 7.04. The van der Waals surface area contributed by atoms with Gasteiger partial charge in [-0.1, -0.05) is 33.3 Å². The number of carbonyl (C=O) groups is 1. The average Bonchev–Trinajstić information content (AvgIpc) is 2.43. The minimum absolute atomic E-state index is 0.00115. The lowest BCUT2D eigenvalue weighted by Crippen LogP contribution is -2.53. The number of nitrogens with two attached hydrogens (primary N) is 1. The van der Waals surface area contributed by atoms with E-state index in [0.717, 1.165) is 29.8 Å². The molecule has 2 rings (SSSR count). The SMILES string of the molecule is CCCC(N)c1ccc2c(c1)N(CC(C)C)C(=O)C(C)(C)O2. The molecule has 1 aromatic carbocycles. The first-order chi connectivity index (χ1) is 10.3. The molecule has 1 aromatic rings. The fourth-order valence-corrected chi connectivity index (χ4v) is 2.84. The minimum Gasteiger partial charge on any atom is -0.476 e. The Morgan fingerprint density at radius 3 is 2.59 bits per heavy atom. The Balaban J connectivity index is 2.44. The molecule has 0 bridgehead atoms. The fraction of sp³-hybridized carbons (Fsp3) is 0.611. The van der Waals surface area contributed by atoms with Crippen LogP contribution in [0, 0.1) is 5.92 Å². The molecular weight excluding hydrogens is 276 g/mol. The third-order valence-corrected chi connectivity index (χ3v) is 3.97. The number of amides is 1. The van der Waals surface area contributed by atoms with Crippen LogP contribution in [0.3, 0.4) is 0 Å². The highest BCUT2D eigenvalue weighted by Gasteiger charge is 2.41. The van der Waals surface area contributed by atoms with Crippen molar-refractivity contribution in [1.29, 1.82) is 0 Å². The van der Waals surface area contributed by atoms with E-state index in [2.05, 4.69) is 20.8 Å². The van der Waals surface area contributed by atoms with Crippen LogP contribution in [0.15, 0.2) is 18.2 Å². The molecule has 0 aliphatic carbocycles.